The summed E-state index contributed by atoms with van der Waals surface area (Å²) in [7, 11) is 0. The van der Waals surface area contributed by atoms with Crippen molar-refractivity contribution in [2.24, 2.45) is 5.92 Å². The lowest BCUT2D eigenvalue weighted by Crippen LogP contribution is -2.18. The summed E-state index contributed by atoms with van der Waals surface area (Å²) in [6, 6.07) is 4.84. The molecule has 1 atom stereocenters. The van der Waals surface area contributed by atoms with Gasteiger partial charge in [0.05, 0.1) is 4.92 Å². The Morgan fingerprint density at radius 3 is 2.81 bits per heavy atom. The molecule has 4 nitrogen and oxygen atoms in total. The number of rotatable bonds is 4. The lowest BCUT2D eigenvalue weighted by Gasteiger charge is -2.14. The molecule has 1 saturated carbocycles. The van der Waals surface area contributed by atoms with Crippen LogP contribution in [0.5, 0.6) is 0 Å². The Kier molecular flexibility index (Phi) is 3.01. The first kappa shape index (κ1) is 11.2. The van der Waals surface area contributed by atoms with Gasteiger partial charge in [0.2, 0.25) is 0 Å². The third kappa shape index (κ3) is 2.44. The average molecular weight is 241 g/mol. The predicted octanol–water partition coefficient (Wildman–Crippen LogP) is 3.46. The van der Waals surface area contributed by atoms with E-state index in [4.69, 9.17) is 11.6 Å². The fourth-order valence-corrected chi connectivity index (χ4v) is 1.91. The second-order valence-electron chi connectivity index (χ2n) is 4.19. The first-order valence-electron chi connectivity index (χ1n) is 5.28. The zero-order chi connectivity index (χ0) is 11.7. The Morgan fingerprint density at radius 1 is 1.56 bits per heavy atom. The molecule has 5 heteroatoms. The van der Waals surface area contributed by atoms with Crippen molar-refractivity contribution >= 4 is 23.0 Å². The third-order valence-corrected chi connectivity index (χ3v) is 3.10. The summed E-state index contributed by atoms with van der Waals surface area (Å²) in [5, 5.41) is 14.5. The second kappa shape index (κ2) is 4.29. The van der Waals surface area contributed by atoms with Crippen LogP contribution < -0.4 is 5.32 Å². The molecule has 0 heterocycles. The third-order valence-electron chi connectivity index (χ3n) is 2.87. The number of nitro groups is 1. The molecule has 0 aliphatic heterocycles. The van der Waals surface area contributed by atoms with Gasteiger partial charge in [0.25, 0.3) is 5.69 Å². The van der Waals surface area contributed by atoms with Crippen molar-refractivity contribution in [3.63, 3.8) is 0 Å². The van der Waals surface area contributed by atoms with Crippen molar-refractivity contribution in [1.82, 2.24) is 0 Å². The molecular weight excluding hydrogens is 228 g/mol. The maximum atomic E-state index is 10.8. The van der Waals surface area contributed by atoms with Crippen molar-refractivity contribution in [3.05, 3.63) is 33.3 Å². The van der Waals surface area contributed by atoms with Crippen molar-refractivity contribution in [1.29, 1.82) is 0 Å². The number of hydrogen-bond donors (Lipinski definition) is 1. The molecule has 1 aliphatic carbocycles. The first-order chi connectivity index (χ1) is 7.58. The molecule has 0 aromatic heterocycles. The van der Waals surface area contributed by atoms with E-state index in [1.807, 2.05) is 6.92 Å². The highest BCUT2D eigenvalue weighted by molar-refractivity contribution is 6.31. The van der Waals surface area contributed by atoms with E-state index in [1.54, 1.807) is 6.07 Å². The zero-order valence-electron chi connectivity index (χ0n) is 8.94. The summed E-state index contributed by atoms with van der Waals surface area (Å²) in [5.74, 6) is 0.638. The van der Waals surface area contributed by atoms with Crippen molar-refractivity contribution in [3.8, 4) is 0 Å². The summed E-state index contributed by atoms with van der Waals surface area (Å²) in [6.45, 7) is 2.04. The Balaban J connectivity index is 2.22. The fourth-order valence-electron chi connectivity index (χ4n) is 1.74. The average Bonchev–Trinajstić information content (AvgIpc) is 2.99. The maximum Gasteiger partial charge on any atom is 0.292 e. The largest absolute Gasteiger partial charge is 0.377 e. The molecule has 86 valence electrons. The van der Waals surface area contributed by atoms with Crippen LogP contribution in [0.2, 0.25) is 5.02 Å². The number of halogens is 1. The Hall–Kier alpha value is -1.29. The Labute approximate surface area is 98.8 Å². The van der Waals surface area contributed by atoms with E-state index in [2.05, 4.69) is 5.32 Å². The van der Waals surface area contributed by atoms with Crippen LogP contribution in [-0.2, 0) is 0 Å². The molecule has 1 fully saturated rings. The number of benzene rings is 1. The quantitative estimate of drug-likeness (QED) is 0.648. The maximum absolute atomic E-state index is 10.8. The number of hydrogen-bond acceptors (Lipinski definition) is 3. The van der Waals surface area contributed by atoms with E-state index in [0.29, 0.717) is 16.6 Å². The predicted molar refractivity (Wildman–Crippen MR) is 63.9 cm³/mol. The van der Waals surface area contributed by atoms with Crippen LogP contribution in [0.1, 0.15) is 19.8 Å². The minimum absolute atomic E-state index is 0.0805. The molecule has 1 N–H and O–H groups in total. The van der Waals surface area contributed by atoms with E-state index in [-0.39, 0.29) is 11.7 Å². The molecule has 0 bridgehead atoms. The summed E-state index contributed by atoms with van der Waals surface area (Å²) < 4.78 is 0. The van der Waals surface area contributed by atoms with Crippen LogP contribution in [0.4, 0.5) is 11.4 Å². The molecule has 1 unspecified atom stereocenters. The van der Waals surface area contributed by atoms with Gasteiger partial charge in [0.1, 0.15) is 5.69 Å². The molecule has 0 radical (unpaired) electrons. The van der Waals surface area contributed by atoms with Gasteiger partial charge in [-0.05, 0) is 37.8 Å². The van der Waals surface area contributed by atoms with Crippen molar-refractivity contribution < 1.29 is 4.92 Å². The van der Waals surface area contributed by atoms with E-state index in [9.17, 15) is 10.1 Å². The molecule has 1 aromatic carbocycles. The van der Waals surface area contributed by atoms with Crippen LogP contribution in [0, 0.1) is 16.0 Å². The highest BCUT2D eigenvalue weighted by atomic mass is 35.5. The van der Waals surface area contributed by atoms with Gasteiger partial charge in [-0.3, -0.25) is 10.1 Å². The van der Waals surface area contributed by atoms with Crippen LogP contribution >= 0.6 is 11.6 Å². The Morgan fingerprint density at radius 2 is 2.25 bits per heavy atom. The zero-order valence-corrected chi connectivity index (χ0v) is 9.70. The van der Waals surface area contributed by atoms with Crippen molar-refractivity contribution in [2.75, 3.05) is 5.32 Å². The van der Waals surface area contributed by atoms with Crippen LogP contribution in [-0.4, -0.2) is 11.0 Å². The number of anilines is 1. The monoisotopic (exact) mass is 240 g/mol. The van der Waals surface area contributed by atoms with Gasteiger partial charge in [0.15, 0.2) is 0 Å². The van der Waals surface area contributed by atoms with Crippen LogP contribution in [0.25, 0.3) is 0 Å². The van der Waals surface area contributed by atoms with Crippen LogP contribution in [0.3, 0.4) is 0 Å². The summed E-state index contributed by atoms with van der Waals surface area (Å²) in [4.78, 5) is 10.4. The molecule has 2 rings (SSSR count). The molecule has 1 aliphatic rings. The Bertz CT molecular complexity index is 418. The van der Waals surface area contributed by atoms with Gasteiger partial charge in [0, 0.05) is 17.1 Å². The lowest BCUT2D eigenvalue weighted by molar-refractivity contribution is -0.384. The molecule has 16 heavy (non-hydrogen) atoms. The standard InChI is InChI=1S/C11H13ClN2O2/c1-7(8-2-3-8)13-10-6-9(12)4-5-11(10)14(15)16/h4-8,13H,2-3H2,1H3. The van der Waals surface area contributed by atoms with Gasteiger partial charge in [-0.1, -0.05) is 11.6 Å². The van der Waals surface area contributed by atoms with E-state index >= 15 is 0 Å². The van der Waals surface area contributed by atoms with E-state index in [1.165, 1.54) is 25.0 Å². The van der Waals surface area contributed by atoms with Crippen LogP contribution in [0.15, 0.2) is 18.2 Å². The summed E-state index contributed by atoms with van der Waals surface area (Å²) in [6.07, 6.45) is 2.39. The fraction of sp³-hybridized carbons (Fsp3) is 0.455. The number of nitrogens with zero attached hydrogens (tertiary/aromatic N) is 1. The highest BCUT2D eigenvalue weighted by Gasteiger charge is 2.29. The molecule has 1 aromatic rings. The molecular formula is C11H13ClN2O2. The lowest BCUT2D eigenvalue weighted by atomic mass is 10.2. The normalized spacial score (nSPS) is 16.9. The second-order valence-corrected chi connectivity index (χ2v) is 4.63. The number of nitro benzene ring substituents is 1. The highest BCUT2D eigenvalue weighted by Crippen LogP contribution is 2.36. The van der Waals surface area contributed by atoms with E-state index in [0.717, 1.165) is 0 Å². The first-order valence-corrected chi connectivity index (χ1v) is 5.66. The van der Waals surface area contributed by atoms with Gasteiger partial charge in [-0.2, -0.15) is 0 Å². The van der Waals surface area contributed by atoms with Gasteiger partial charge in [-0.15, -0.1) is 0 Å². The van der Waals surface area contributed by atoms with Gasteiger partial charge in [-0.25, -0.2) is 0 Å². The topological polar surface area (TPSA) is 55.2 Å². The van der Waals surface area contributed by atoms with Crippen molar-refractivity contribution in [2.45, 2.75) is 25.8 Å². The molecule has 0 amide bonds. The van der Waals surface area contributed by atoms with Gasteiger partial charge < -0.3 is 5.32 Å². The smallest absolute Gasteiger partial charge is 0.292 e. The minimum atomic E-state index is -0.391. The number of nitrogens with one attached hydrogen (secondary N) is 1. The SMILES string of the molecule is CC(Nc1cc(Cl)ccc1[N+](=O)[O-])C1CC1. The molecule has 0 saturated heterocycles. The van der Waals surface area contributed by atoms with Gasteiger partial charge >= 0.3 is 0 Å². The summed E-state index contributed by atoms with van der Waals surface area (Å²) in [5.41, 5.74) is 0.591. The minimum Gasteiger partial charge on any atom is -0.377 e. The molecule has 0 spiro atoms. The summed E-state index contributed by atoms with van der Waals surface area (Å²) >= 11 is 5.84. The van der Waals surface area contributed by atoms with E-state index < -0.39 is 4.92 Å².